The van der Waals surface area contributed by atoms with Crippen LogP contribution in [0.5, 0.6) is 0 Å². The molecular formula is C18H19N3O2. The summed E-state index contributed by atoms with van der Waals surface area (Å²) < 4.78 is 0. The van der Waals surface area contributed by atoms with Crippen molar-refractivity contribution in [3.05, 3.63) is 64.2 Å². The van der Waals surface area contributed by atoms with Crippen LogP contribution in [0.2, 0.25) is 0 Å². The molecule has 0 bridgehead atoms. The van der Waals surface area contributed by atoms with E-state index in [4.69, 9.17) is 11.5 Å². The predicted molar refractivity (Wildman–Crippen MR) is 89.5 cm³/mol. The molecule has 0 saturated carbocycles. The fraction of sp³-hybridized carbons (Fsp3) is 0.222. The highest BCUT2D eigenvalue weighted by atomic mass is 16.1. The fourth-order valence-electron chi connectivity index (χ4n) is 2.91. The Bertz CT molecular complexity index is 784. The lowest BCUT2D eigenvalue weighted by Crippen LogP contribution is -2.26. The molecule has 2 aromatic carbocycles. The van der Waals surface area contributed by atoms with Crippen LogP contribution in [0.4, 0.5) is 5.69 Å². The van der Waals surface area contributed by atoms with Gasteiger partial charge in [0, 0.05) is 28.9 Å². The van der Waals surface area contributed by atoms with Gasteiger partial charge in [-0.3, -0.25) is 9.59 Å². The van der Waals surface area contributed by atoms with Crippen molar-refractivity contribution in [1.82, 2.24) is 5.32 Å². The summed E-state index contributed by atoms with van der Waals surface area (Å²) in [4.78, 5) is 25.6. The average Bonchev–Trinajstić information content (AvgIpc) is 2.57. The molecule has 0 amide bonds. The smallest absolute Gasteiger partial charge is 0.196 e. The Labute approximate surface area is 134 Å². The van der Waals surface area contributed by atoms with Crippen LogP contribution in [0.25, 0.3) is 0 Å². The van der Waals surface area contributed by atoms with E-state index in [-0.39, 0.29) is 11.6 Å². The Morgan fingerprint density at radius 2 is 1.57 bits per heavy atom. The van der Waals surface area contributed by atoms with Gasteiger partial charge in [0.25, 0.3) is 0 Å². The number of fused-ring (bicyclic) bond motifs is 2. The van der Waals surface area contributed by atoms with Gasteiger partial charge in [-0.1, -0.05) is 30.3 Å². The number of carbonyl (C=O) groups excluding carboxylic acids is 2. The molecule has 0 unspecified atom stereocenters. The minimum absolute atomic E-state index is 0.141. The zero-order chi connectivity index (χ0) is 16.4. The minimum atomic E-state index is -0.184. The molecule has 1 aliphatic rings. The molecule has 5 heteroatoms. The zero-order valence-electron chi connectivity index (χ0n) is 12.8. The molecule has 1 aliphatic carbocycles. The summed E-state index contributed by atoms with van der Waals surface area (Å²) in [6.07, 6.45) is 0.854. The lowest BCUT2D eigenvalue weighted by atomic mass is 9.81. The van der Waals surface area contributed by atoms with Crippen molar-refractivity contribution in [1.29, 1.82) is 0 Å². The van der Waals surface area contributed by atoms with Crippen molar-refractivity contribution >= 4 is 17.3 Å². The molecule has 5 nitrogen and oxygen atoms in total. The highest BCUT2D eigenvalue weighted by Crippen LogP contribution is 2.32. The standard InChI is InChI=1S/C18H19N3O2/c19-8-3-9-21-10-11-6-7-14(20)16-15(11)17(22)12-4-1-2-5-13(12)18(16)23/h1-2,4-7,21H,3,8-10,19-20H2. The van der Waals surface area contributed by atoms with E-state index in [2.05, 4.69) is 5.32 Å². The highest BCUT2D eigenvalue weighted by molar-refractivity contribution is 6.30. The van der Waals surface area contributed by atoms with E-state index in [1.165, 1.54) is 0 Å². The summed E-state index contributed by atoms with van der Waals surface area (Å²) in [6.45, 7) is 1.87. The molecule has 118 valence electrons. The molecular weight excluding hydrogens is 290 g/mol. The van der Waals surface area contributed by atoms with Gasteiger partial charge >= 0.3 is 0 Å². The van der Waals surface area contributed by atoms with E-state index >= 15 is 0 Å². The molecule has 0 aliphatic heterocycles. The first kappa shape index (κ1) is 15.4. The first-order valence-corrected chi connectivity index (χ1v) is 7.65. The van der Waals surface area contributed by atoms with Gasteiger partial charge < -0.3 is 16.8 Å². The van der Waals surface area contributed by atoms with Crippen LogP contribution in [0.3, 0.4) is 0 Å². The van der Waals surface area contributed by atoms with E-state index in [0.29, 0.717) is 41.0 Å². The third-order valence-electron chi connectivity index (χ3n) is 4.07. The number of hydrogen-bond donors (Lipinski definition) is 3. The van der Waals surface area contributed by atoms with Gasteiger partial charge in [-0.2, -0.15) is 0 Å². The number of ketones is 2. The molecule has 0 heterocycles. The number of benzene rings is 2. The predicted octanol–water partition coefficient (Wildman–Crippen LogP) is 1.48. The summed E-state index contributed by atoms with van der Waals surface area (Å²) >= 11 is 0. The quantitative estimate of drug-likeness (QED) is 0.490. The van der Waals surface area contributed by atoms with Crippen molar-refractivity contribution in [3.63, 3.8) is 0 Å². The summed E-state index contributed by atoms with van der Waals surface area (Å²) in [5, 5.41) is 3.25. The molecule has 0 radical (unpaired) electrons. The third kappa shape index (κ3) is 2.65. The number of nitrogens with two attached hydrogens (primary N) is 2. The van der Waals surface area contributed by atoms with Gasteiger partial charge in [-0.05, 0) is 31.1 Å². The Morgan fingerprint density at radius 3 is 2.22 bits per heavy atom. The Hall–Kier alpha value is -2.50. The van der Waals surface area contributed by atoms with Crippen molar-refractivity contribution in [2.24, 2.45) is 5.73 Å². The van der Waals surface area contributed by atoms with E-state index in [1.807, 2.05) is 6.07 Å². The van der Waals surface area contributed by atoms with Crippen LogP contribution in [-0.4, -0.2) is 24.7 Å². The largest absolute Gasteiger partial charge is 0.398 e. The molecule has 5 N–H and O–H groups in total. The lowest BCUT2D eigenvalue weighted by molar-refractivity contribution is 0.0979. The molecule has 0 aromatic heterocycles. The molecule has 0 spiro atoms. The van der Waals surface area contributed by atoms with Gasteiger partial charge in [0.2, 0.25) is 0 Å². The summed E-state index contributed by atoms with van der Waals surface area (Å²) in [5.74, 6) is -0.324. The van der Waals surface area contributed by atoms with Gasteiger partial charge in [0.05, 0.1) is 5.56 Å². The Morgan fingerprint density at radius 1 is 0.913 bits per heavy atom. The third-order valence-corrected chi connectivity index (χ3v) is 4.07. The number of nitrogen functional groups attached to an aromatic ring is 1. The van der Waals surface area contributed by atoms with E-state index in [0.717, 1.165) is 18.5 Å². The molecule has 0 fully saturated rings. The first-order valence-electron chi connectivity index (χ1n) is 7.65. The number of anilines is 1. The van der Waals surface area contributed by atoms with E-state index in [1.54, 1.807) is 30.3 Å². The topological polar surface area (TPSA) is 98.2 Å². The number of carbonyl (C=O) groups is 2. The Balaban J connectivity index is 2.04. The van der Waals surface area contributed by atoms with Crippen molar-refractivity contribution in [2.75, 3.05) is 18.8 Å². The second kappa shape index (κ2) is 6.32. The van der Waals surface area contributed by atoms with Crippen molar-refractivity contribution < 1.29 is 9.59 Å². The van der Waals surface area contributed by atoms with Gasteiger partial charge in [0.15, 0.2) is 11.6 Å². The summed E-state index contributed by atoms with van der Waals surface area (Å²) in [7, 11) is 0. The second-order valence-corrected chi connectivity index (χ2v) is 5.59. The maximum absolute atomic E-state index is 12.9. The minimum Gasteiger partial charge on any atom is -0.398 e. The van der Waals surface area contributed by atoms with E-state index in [9.17, 15) is 9.59 Å². The van der Waals surface area contributed by atoms with Crippen LogP contribution in [0.1, 0.15) is 43.8 Å². The van der Waals surface area contributed by atoms with Gasteiger partial charge in [-0.15, -0.1) is 0 Å². The fourth-order valence-corrected chi connectivity index (χ4v) is 2.91. The number of nitrogens with one attached hydrogen (secondary N) is 1. The first-order chi connectivity index (χ1) is 11.1. The second-order valence-electron chi connectivity index (χ2n) is 5.59. The van der Waals surface area contributed by atoms with Crippen molar-refractivity contribution in [2.45, 2.75) is 13.0 Å². The van der Waals surface area contributed by atoms with Gasteiger partial charge in [0.1, 0.15) is 0 Å². The molecule has 23 heavy (non-hydrogen) atoms. The van der Waals surface area contributed by atoms with Gasteiger partial charge in [-0.25, -0.2) is 0 Å². The van der Waals surface area contributed by atoms with Crippen LogP contribution in [0.15, 0.2) is 36.4 Å². The monoisotopic (exact) mass is 309 g/mol. The summed E-state index contributed by atoms with van der Waals surface area (Å²) in [5.41, 5.74) is 14.2. The maximum atomic E-state index is 12.9. The van der Waals surface area contributed by atoms with Crippen molar-refractivity contribution in [3.8, 4) is 0 Å². The Kier molecular flexibility index (Phi) is 4.23. The van der Waals surface area contributed by atoms with Crippen LogP contribution < -0.4 is 16.8 Å². The summed E-state index contributed by atoms with van der Waals surface area (Å²) in [6, 6.07) is 10.4. The normalized spacial score (nSPS) is 12.9. The molecule has 0 saturated heterocycles. The number of hydrogen-bond acceptors (Lipinski definition) is 5. The zero-order valence-corrected chi connectivity index (χ0v) is 12.8. The molecule has 2 aromatic rings. The van der Waals surface area contributed by atoms with Crippen LogP contribution >= 0.6 is 0 Å². The van der Waals surface area contributed by atoms with E-state index < -0.39 is 0 Å². The highest BCUT2D eigenvalue weighted by Gasteiger charge is 2.32. The number of rotatable bonds is 5. The maximum Gasteiger partial charge on any atom is 0.196 e. The SMILES string of the molecule is NCCCNCc1ccc(N)c2c1C(=O)c1ccccc1C2=O. The molecule has 0 atom stereocenters. The van der Waals surface area contributed by atoms with Crippen LogP contribution in [-0.2, 0) is 6.54 Å². The average molecular weight is 309 g/mol. The molecule has 3 rings (SSSR count). The van der Waals surface area contributed by atoms with Crippen LogP contribution in [0, 0.1) is 0 Å². The lowest BCUT2D eigenvalue weighted by Gasteiger charge is -2.21.